The second kappa shape index (κ2) is 8.96. The molecule has 0 fully saturated rings. The molecule has 27 heavy (non-hydrogen) atoms. The molecule has 0 atom stereocenters. The van der Waals surface area contributed by atoms with Crippen molar-refractivity contribution in [3.05, 3.63) is 94.9 Å². The number of aromatic nitrogens is 1. The minimum atomic E-state index is -0.265. The van der Waals surface area contributed by atoms with Crippen LogP contribution in [0, 0.1) is 5.82 Å². The summed E-state index contributed by atoms with van der Waals surface area (Å²) in [6.07, 6.45) is 4.68. The minimum Gasteiger partial charge on any atom is -0.366 e. The second-order valence-corrected chi connectivity index (χ2v) is 6.19. The molecule has 136 valence electrons. The standard InChI is InChI=1S/C21H17ClFN3O/c22-17-8-5-15(6-9-17)7-12-21(27)26-18-10-11-20(25-14-18)24-13-16-3-1-2-4-19(16)23/h1-12,14H,13H2,(H,24,25)(H,26,27)/b12-7+. The van der Waals surface area contributed by atoms with Gasteiger partial charge in [0.1, 0.15) is 11.6 Å². The lowest BCUT2D eigenvalue weighted by Crippen LogP contribution is -2.08. The van der Waals surface area contributed by atoms with Crippen LogP contribution in [0.1, 0.15) is 11.1 Å². The van der Waals surface area contributed by atoms with Crippen molar-refractivity contribution in [1.29, 1.82) is 0 Å². The van der Waals surface area contributed by atoms with E-state index in [0.29, 0.717) is 28.6 Å². The summed E-state index contributed by atoms with van der Waals surface area (Å²) in [7, 11) is 0. The topological polar surface area (TPSA) is 54.0 Å². The van der Waals surface area contributed by atoms with E-state index < -0.39 is 0 Å². The van der Waals surface area contributed by atoms with Gasteiger partial charge >= 0.3 is 0 Å². The Morgan fingerprint density at radius 1 is 1.07 bits per heavy atom. The van der Waals surface area contributed by atoms with Crippen LogP contribution < -0.4 is 10.6 Å². The van der Waals surface area contributed by atoms with Crippen molar-refractivity contribution >= 4 is 35.1 Å². The summed E-state index contributed by atoms with van der Waals surface area (Å²) >= 11 is 5.83. The lowest BCUT2D eigenvalue weighted by atomic mass is 10.2. The third-order valence-corrected chi connectivity index (χ3v) is 4.00. The maximum Gasteiger partial charge on any atom is 0.248 e. The smallest absolute Gasteiger partial charge is 0.248 e. The first kappa shape index (κ1) is 18.6. The first-order valence-electron chi connectivity index (χ1n) is 8.28. The van der Waals surface area contributed by atoms with E-state index in [-0.39, 0.29) is 11.7 Å². The van der Waals surface area contributed by atoms with E-state index in [1.165, 1.54) is 18.3 Å². The molecule has 3 aromatic rings. The average Bonchev–Trinajstić information content (AvgIpc) is 2.68. The first-order chi connectivity index (χ1) is 13.1. The first-order valence-corrected chi connectivity index (χ1v) is 8.66. The van der Waals surface area contributed by atoms with E-state index in [9.17, 15) is 9.18 Å². The normalized spacial score (nSPS) is 10.7. The van der Waals surface area contributed by atoms with E-state index in [2.05, 4.69) is 15.6 Å². The zero-order chi connectivity index (χ0) is 19.1. The number of hydrogen-bond donors (Lipinski definition) is 2. The summed E-state index contributed by atoms with van der Waals surface area (Å²) in [4.78, 5) is 16.2. The fourth-order valence-electron chi connectivity index (χ4n) is 2.33. The van der Waals surface area contributed by atoms with Crippen LogP contribution in [-0.4, -0.2) is 10.9 Å². The van der Waals surface area contributed by atoms with Crippen LogP contribution in [-0.2, 0) is 11.3 Å². The van der Waals surface area contributed by atoms with Gasteiger partial charge in [0.05, 0.1) is 11.9 Å². The van der Waals surface area contributed by atoms with Crippen LogP contribution in [0.25, 0.3) is 6.08 Å². The molecule has 0 spiro atoms. The summed E-state index contributed by atoms with van der Waals surface area (Å²) in [5, 5.41) is 6.42. The number of hydrogen-bond acceptors (Lipinski definition) is 3. The average molecular weight is 382 g/mol. The Morgan fingerprint density at radius 2 is 1.85 bits per heavy atom. The minimum absolute atomic E-state index is 0.263. The lowest BCUT2D eigenvalue weighted by Gasteiger charge is -2.08. The molecule has 0 aliphatic heterocycles. The molecule has 0 radical (unpaired) electrons. The van der Waals surface area contributed by atoms with E-state index in [4.69, 9.17) is 11.6 Å². The van der Waals surface area contributed by atoms with Crippen molar-refractivity contribution in [3.63, 3.8) is 0 Å². The number of benzene rings is 2. The third kappa shape index (κ3) is 5.66. The molecule has 0 bridgehead atoms. The molecule has 0 aliphatic rings. The van der Waals surface area contributed by atoms with Crippen molar-refractivity contribution in [1.82, 2.24) is 4.98 Å². The molecule has 0 saturated heterocycles. The van der Waals surface area contributed by atoms with Crippen LogP contribution in [0.5, 0.6) is 0 Å². The number of anilines is 2. The SMILES string of the molecule is O=C(/C=C/c1ccc(Cl)cc1)Nc1ccc(NCc2ccccc2F)nc1. The highest BCUT2D eigenvalue weighted by Gasteiger charge is 2.02. The Morgan fingerprint density at radius 3 is 2.56 bits per heavy atom. The molecular weight excluding hydrogens is 365 g/mol. The van der Waals surface area contributed by atoms with Crippen LogP contribution in [0.4, 0.5) is 15.9 Å². The van der Waals surface area contributed by atoms with Crippen LogP contribution in [0.3, 0.4) is 0 Å². The van der Waals surface area contributed by atoms with Gasteiger partial charge in [0.15, 0.2) is 0 Å². The maximum atomic E-state index is 13.6. The van der Waals surface area contributed by atoms with Crippen LogP contribution in [0.2, 0.25) is 5.02 Å². The molecule has 1 aromatic heterocycles. The van der Waals surface area contributed by atoms with Gasteiger partial charge in [0.2, 0.25) is 5.91 Å². The zero-order valence-electron chi connectivity index (χ0n) is 14.3. The van der Waals surface area contributed by atoms with Gasteiger partial charge in [-0.05, 0) is 42.0 Å². The van der Waals surface area contributed by atoms with Crippen molar-refractivity contribution in [2.75, 3.05) is 10.6 Å². The Hall–Kier alpha value is -3.18. The van der Waals surface area contributed by atoms with Gasteiger partial charge in [-0.25, -0.2) is 9.37 Å². The maximum absolute atomic E-state index is 13.6. The quantitative estimate of drug-likeness (QED) is 0.581. The molecule has 0 saturated carbocycles. The van der Waals surface area contributed by atoms with E-state index >= 15 is 0 Å². The monoisotopic (exact) mass is 381 g/mol. The van der Waals surface area contributed by atoms with Gasteiger partial charge < -0.3 is 10.6 Å². The molecule has 6 heteroatoms. The molecule has 0 aliphatic carbocycles. The van der Waals surface area contributed by atoms with E-state index in [1.54, 1.807) is 48.5 Å². The molecule has 2 aromatic carbocycles. The number of carbonyl (C=O) groups is 1. The fourth-order valence-corrected chi connectivity index (χ4v) is 2.46. The number of amides is 1. The summed E-state index contributed by atoms with van der Waals surface area (Å²) in [5.41, 5.74) is 2.00. The summed E-state index contributed by atoms with van der Waals surface area (Å²) in [6.45, 7) is 0.329. The number of rotatable bonds is 6. The van der Waals surface area contributed by atoms with Crippen molar-refractivity contribution < 1.29 is 9.18 Å². The highest BCUT2D eigenvalue weighted by molar-refractivity contribution is 6.30. The lowest BCUT2D eigenvalue weighted by molar-refractivity contribution is -0.111. The molecule has 1 heterocycles. The third-order valence-electron chi connectivity index (χ3n) is 3.75. The van der Waals surface area contributed by atoms with Crippen LogP contribution >= 0.6 is 11.6 Å². The molecule has 0 unspecified atom stereocenters. The van der Waals surface area contributed by atoms with Crippen molar-refractivity contribution in [2.45, 2.75) is 6.54 Å². The van der Waals surface area contributed by atoms with Gasteiger partial charge in [-0.1, -0.05) is 41.9 Å². The van der Waals surface area contributed by atoms with E-state index in [0.717, 1.165) is 5.56 Å². The number of pyridine rings is 1. The molecule has 4 nitrogen and oxygen atoms in total. The van der Waals surface area contributed by atoms with Gasteiger partial charge in [0, 0.05) is 23.2 Å². The Kier molecular flexibility index (Phi) is 6.18. The molecular formula is C21H17ClFN3O. The van der Waals surface area contributed by atoms with Gasteiger partial charge in [0.25, 0.3) is 0 Å². The number of nitrogens with one attached hydrogen (secondary N) is 2. The molecule has 2 N–H and O–H groups in total. The van der Waals surface area contributed by atoms with E-state index in [1.807, 2.05) is 12.1 Å². The van der Waals surface area contributed by atoms with Gasteiger partial charge in [-0.3, -0.25) is 4.79 Å². The van der Waals surface area contributed by atoms with Crippen molar-refractivity contribution in [2.24, 2.45) is 0 Å². The van der Waals surface area contributed by atoms with Gasteiger partial charge in [-0.15, -0.1) is 0 Å². The zero-order valence-corrected chi connectivity index (χ0v) is 15.1. The number of nitrogens with zero attached hydrogens (tertiary/aromatic N) is 1. The summed E-state index contributed by atoms with van der Waals surface area (Å²) in [5.74, 6) is 0.0631. The number of carbonyl (C=O) groups excluding carboxylic acids is 1. The Labute approximate surface area is 161 Å². The Balaban J connectivity index is 1.53. The predicted octanol–water partition coefficient (Wildman–Crippen LogP) is 5.14. The Bertz CT molecular complexity index is 940. The van der Waals surface area contributed by atoms with Gasteiger partial charge in [-0.2, -0.15) is 0 Å². The van der Waals surface area contributed by atoms with Crippen molar-refractivity contribution in [3.8, 4) is 0 Å². The largest absolute Gasteiger partial charge is 0.366 e. The summed E-state index contributed by atoms with van der Waals surface area (Å²) in [6, 6.07) is 17.2. The second-order valence-electron chi connectivity index (χ2n) is 5.75. The molecule has 3 rings (SSSR count). The highest BCUT2D eigenvalue weighted by Crippen LogP contribution is 2.13. The number of halogens is 2. The summed E-state index contributed by atoms with van der Waals surface area (Å²) < 4.78 is 13.6. The highest BCUT2D eigenvalue weighted by atomic mass is 35.5. The van der Waals surface area contributed by atoms with Crippen LogP contribution in [0.15, 0.2) is 72.9 Å². The predicted molar refractivity (Wildman–Crippen MR) is 107 cm³/mol. The molecule has 1 amide bonds. The fraction of sp³-hybridized carbons (Fsp3) is 0.0476.